The highest BCUT2D eigenvalue weighted by molar-refractivity contribution is 5.54. The van der Waals surface area contributed by atoms with Gasteiger partial charge in [-0.05, 0) is 49.4 Å². The van der Waals surface area contributed by atoms with E-state index in [0.717, 1.165) is 24.6 Å². The van der Waals surface area contributed by atoms with Gasteiger partial charge >= 0.3 is 0 Å². The normalized spacial score (nSPS) is 19.5. The maximum Gasteiger partial charge on any atom is 0.231 e. The van der Waals surface area contributed by atoms with E-state index in [1.165, 1.54) is 24.0 Å². The van der Waals surface area contributed by atoms with Gasteiger partial charge in [-0.3, -0.25) is 0 Å². The van der Waals surface area contributed by atoms with Crippen molar-refractivity contribution in [2.24, 2.45) is 0 Å². The Kier molecular flexibility index (Phi) is 3.16. The van der Waals surface area contributed by atoms with Crippen LogP contribution < -0.4 is 14.8 Å². The van der Waals surface area contributed by atoms with Crippen LogP contribution in [0.3, 0.4) is 0 Å². The first-order chi connectivity index (χ1) is 8.77. The van der Waals surface area contributed by atoms with Crippen LogP contribution in [0.1, 0.15) is 49.7 Å². The van der Waals surface area contributed by atoms with Gasteiger partial charge in [0.05, 0.1) is 0 Å². The first-order valence-corrected chi connectivity index (χ1v) is 6.90. The lowest BCUT2D eigenvalue weighted by Gasteiger charge is -2.27. The van der Waals surface area contributed by atoms with Crippen LogP contribution >= 0.6 is 0 Å². The summed E-state index contributed by atoms with van der Waals surface area (Å²) in [5.74, 6) is 3.04. The summed E-state index contributed by atoms with van der Waals surface area (Å²) >= 11 is 0. The van der Waals surface area contributed by atoms with Crippen molar-refractivity contribution in [2.45, 2.75) is 38.5 Å². The van der Waals surface area contributed by atoms with Gasteiger partial charge in [0.25, 0.3) is 0 Å². The fraction of sp³-hybridized carbons (Fsp3) is 0.600. The van der Waals surface area contributed by atoms with E-state index in [2.05, 4.69) is 31.3 Å². The molecule has 2 aliphatic rings. The SMILES string of the molecule is CC(C)c1c(C2CCNCC2)ccc2c1OCO2. The van der Waals surface area contributed by atoms with Crippen LogP contribution in [-0.4, -0.2) is 19.9 Å². The van der Waals surface area contributed by atoms with Crippen LogP contribution in [0.4, 0.5) is 0 Å². The van der Waals surface area contributed by atoms with Crippen molar-refractivity contribution >= 4 is 0 Å². The number of benzene rings is 1. The fourth-order valence-electron chi connectivity index (χ4n) is 3.09. The minimum absolute atomic E-state index is 0.366. The molecule has 1 aromatic rings. The smallest absolute Gasteiger partial charge is 0.231 e. The summed E-state index contributed by atoms with van der Waals surface area (Å²) in [5, 5.41) is 3.43. The molecule has 1 fully saturated rings. The molecule has 0 radical (unpaired) electrons. The topological polar surface area (TPSA) is 30.5 Å². The van der Waals surface area contributed by atoms with Crippen LogP contribution in [0.25, 0.3) is 0 Å². The zero-order valence-corrected chi connectivity index (χ0v) is 11.2. The van der Waals surface area contributed by atoms with Gasteiger partial charge in [-0.1, -0.05) is 19.9 Å². The lowest BCUT2D eigenvalue weighted by atomic mass is 9.83. The summed E-state index contributed by atoms with van der Waals surface area (Å²) < 4.78 is 11.2. The van der Waals surface area contributed by atoms with E-state index in [1.807, 2.05) is 0 Å². The molecule has 18 heavy (non-hydrogen) atoms. The Morgan fingerprint density at radius 3 is 2.67 bits per heavy atom. The van der Waals surface area contributed by atoms with Crippen molar-refractivity contribution in [3.8, 4) is 11.5 Å². The Hall–Kier alpha value is -1.22. The van der Waals surface area contributed by atoms with E-state index in [1.54, 1.807) is 0 Å². The van der Waals surface area contributed by atoms with Gasteiger partial charge < -0.3 is 14.8 Å². The fourth-order valence-corrected chi connectivity index (χ4v) is 3.09. The van der Waals surface area contributed by atoms with Crippen LogP contribution in [0.5, 0.6) is 11.5 Å². The number of piperidine rings is 1. The molecule has 3 nitrogen and oxygen atoms in total. The summed E-state index contributed by atoms with van der Waals surface area (Å²) in [4.78, 5) is 0. The van der Waals surface area contributed by atoms with Crippen LogP contribution in [0, 0.1) is 0 Å². The molecule has 0 aromatic heterocycles. The molecule has 0 spiro atoms. The third kappa shape index (κ3) is 1.97. The van der Waals surface area contributed by atoms with Gasteiger partial charge in [-0.15, -0.1) is 0 Å². The number of nitrogens with one attached hydrogen (secondary N) is 1. The molecule has 98 valence electrons. The second-order valence-electron chi connectivity index (χ2n) is 5.48. The van der Waals surface area contributed by atoms with Crippen LogP contribution in [0.15, 0.2) is 12.1 Å². The average Bonchev–Trinajstić information content (AvgIpc) is 2.86. The predicted octanol–water partition coefficient (Wildman–Crippen LogP) is 3.01. The highest BCUT2D eigenvalue weighted by Crippen LogP contribution is 2.44. The monoisotopic (exact) mass is 247 g/mol. The summed E-state index contributed by atoms with van der Waals surface area (Å²) in [6.45, 7) is 7.09. The molecule has 0 unspecified atom stereocenters. The number of ether oxygens (including phenoxy) is 2. The highest BCUT2D eigenvalue weighted by atomic mass is 16.7. The quantitative estimate of drug-likeness (QED) is 0.871. The van der Waals surface area contributed by atoms with E-state index in [9.17, 15) is 0 Å². The van der Waals surface area contributed by atoms with E-state index < -0.39 is 0 Å². The molecular formula is C15H21NO2. The number of rotatable bonds is 2. The first kappa shape index (κ1) is 11.8. The number of hydrogen-bond acceptors (Lipinski definition) is 3. The largest absolute Gasteiger partial charge is 0.454 e. The van der Waals surface area contributed by atoms with E-state index >= 15 is 0 Å². The molecule has 0 saturated carbocycles. The summed E-state index contributed by atoms with van der Waals surface area (Å²) in [6, 6.07) is 4.32. The molecule has 2 aliphatic heterocycles. The molecular weight excluding hydrogens is 226 g/mol. The van der Waals surface area contributed by atoms with Crippen molar-refractivity contribution in [3.05, 3.63) is 23.3 Å². The molecule has 1 N–H and O–H groups in total. The Morgan fingerprint density at radius 2 is 1.94 bits per heavy atom. The average molecular weight is 247 g/mol. The molecule has 0 aliphatic carbocycles. The molecule has 0 atom stereocenters. The summed E-state index contributed by atoms with van der Waals surface area (Å²) in [5.41, 5.74) is 2.83. The van der Waals surface area contributed by atoms with Crippen molar-refractivity contribution in [3.63, 3.8) is 0 Å². The summed E-state index contributed by atoms with van der Waals surface area (Å²) in [7, 11) is 0. The van der Waals surface area contributed by atoms with Crippen molar-refractivity contribution in [2.75, 3.05) is 19.9 Å². The minimum atomic E-state index is 0.366. The number of hydrogen-bond donors (Lipinski definition) is 1. The van der Waals surface area contributed by atoms with Gasteiger partial charge in [0.2, 0.25) is 6.79 Å². The van der Waals surface area contributed by atoms with Crippen molar-refractivity contribution in [1.82, 2.24) is 5.32 Å². The van der Waals surface area contributed by atoms with Gasteiger partial charge in [0.1, 0.15) is 0 Å². The molecule has 0 amide bonds. The lowest BCUT2D eigenvalue weighted by molar-refractivity contribution is 0.173. The Morgan fingerprint density at radius 1 is 1.17 bits per heavy atom. The third-order valence-corrected chi connectivity index (χ3v) is 3.97. The second-order valence-corrected chi connectivity index (χ2v) is 5.48. The van der Waals surface area contributed by atoms with E-state index in [-0.39, 0.29) is 0 Å². The standard InChI is InChI=1S/C15H21NO2/c1-10(2)14-12(11-5-7-16-8-6-11)3-4-13-15(14)18-9-17-13/h3-4,10-11,16H,5-9H2,1-2H3. The van der Waals surface area contributed by atoms with E-state index in [4.69, 9.17) is 9.47 Å². The van der Waals surface area contributed by atoms with Crippen LogP contribution in [-0.2, 0) is 0 Å². The molecule has 0 bridgehead atoms. The van der Waals surface area contributed by atoms with Gasteiger partial charge in [0.15, 0.2) is 11.5 Å². The van der Waals surface area contributed by atoms with Crippen molar-refractivity contribution < 1.29 is 9.47 Å². The van der Waals surface area contributed by atoms with E-state index in [0.29, 0.717) is 18.6 Å². The number of fused-ring (bicyclic) bond motifs is 1. The highest BCUT2D eigenvalue weighted by Gasteiger charge is 2.26. The lowest BCUT2D eigenvalue weighted by Crippen LogP contribution is -2.27. The van der Waals surface area contributed by atoms with Crippen molar-refractivity contribution in [1.29, 1.82) is 0 Å². The van der Waals surface area contributed by atoms with Crippen LogP contribution in [0.2, 0.25) is 0 Å². The molecule has 3 rings (SSSR count). The summed E-state index contributed by atoms with van der Waals surface area (Å²) in [6.07, 6.45) is 2.44. The van der Waals surface area contributed by atoms with Gasteiger partial charge in [0, 0.05) is 5.56 Å². The predicted molar refractivity (Wildman–Crippen MR) is 71.5 cm³/mol. The molecule has 3 heteroatoms. The zero-order chi connectivity index (χ0) is 12.5. The molecule has 1 aromatic carbocycles. The first-order valence-electron chi connectivity index (χ1n) is 6.90. The Labute approximate surface area is 108 Å². The zero-order valence-electron chi connectivity index (χ0n) is 11.2. The molecule has 1 saturated heterocycles. The Balaban J connectivity index is 2.02. The molecule has 2 heterocycles. The maximum absolute atomic E-state index is 5.68. The van der Waals surface area contributed by atoms with Gasteiger partial charge in [-0.2, -0.15) is 0 Å². The Bertz CT molecular complexity index is 436. The third-order valence-electron chi connectivity index (χ3n) is 3.97. The second kappa shape index (κ2) is 4.81. The van der Waals surface area contributed by atoms with Gasteiger partial charge in [-0.25, -0.2) is 0 Å². The maximum atomic E-state index is 5.68. The minimum Gasteiger partial charge on any atom is -0.454 e.